The van der Waals surface area contributed by atoms with E-state index in [-0.39, 0.29) is 12.4 Å². The molecule has 0 aliphatic heterocycles. The van der Waals surface area contributed by atoms with Gasteiger partial charge in [0.2, 0.25) is 0 Å². The Kier molecular flexibility index (Phi) is 2.75. The summed E-state index contributed by atoms with van der Waals surface area (Å²) in [6, 6.07) is 5.84. The molecule has 0 unspecified atom stereocenters. The summed E-state index contributed by atoms with van der Waals surface area (Å²) in [4.78, 5) is 0. The van der Waals surface area contributed by atoms with Crippen LogP contribution in [0.2, 0.25) is 0 Å². The van der Waals surface area contributed by atoms with Crippen LogP contribution in [0.15, 0.2) is 18.2 Å². The van der Waals surface area contributed by atoms with Crippen molar-refractivity contribution in [2.75, 3.05) is 5.73 Å². The number of nitrogens with zero attached hydrogens (tertiary/aromatic N) is 1. The number of halogens is 1. The number of hydrogen-bond acceptors (Lipinski definition) is 3. The molecule has 0 aliphatic carbocycles. The second-order valence-electron chi connectivity index (χ2n) is 2.69. The second-order valence-corrected chi connectivity index (χ2v) is 2.69. The standard InChI is InChI=1S/C8H10N4.ClH/c9-4-5-1-2-7-6(3-5)8(10)12-11-7;/h1-3H,4,9H2,(H3,10,11,12);1H. The van der Waals surface area contributed by atoms with Gasteiger partial charge in [0.25, 0.3) is 0 Å². The summed E-state index contributed by atoms with van der Waals surface area (Å²) in [6.07, 6.45) is 0. The predicted octanol–water partition coefficient (Wildman–Crippen LogP) is 1.03. The van der Waals surface area contributed by atoms with E-state index in [4.69, 9.17) is 11.5 Å². The fourth-order valence-corrected chi connectivity index (χ4v) is 1.21. The smallest absolute Gasteiger partial charge is 0.153 e. The van der Waals surface area contributed by atoms with Gasteiger partial charge in [-0.3, -0.25) is 5.10 Å². The van der Waals surface area contributed by atoms with E-state index >= 15 is 0 Å². The Morgan fingerprint density at radius 1 is 1.38 bits per heavy atom. The molecule has 0 saturated carbocycles. The highest BCUT2D eigenvalue weighted by Crippen LogP contribution is 2.18. The molecule has 1 aromatic heterocycles. The first-order valence-electron chi connectivity index (χ1n) is 3.74. The van der Waals surface area contributed by atoms with Crippen LogP contribution in [-0.4, -0.2) is 10.2 Å². The van der Waals surface area contributed by atoms with Gasteiger partial charge in [-0.05, 0) is 17.7 Å². The molecule has 1 heterocycles. The molecule has 0 atom stereocenters. The molecule has 2 rings (SSSR count). The van der Waals surface area contributed by atoms with Crippen LogP contribution in [0.5, 0.6) is 0 Å². The molecule has 13 heavy (non-hydrogen) atoms. The van der Waals surface area contributed by atoms with Crippen LogP contribution in [-0.2, 0) is 6.54 Å². The third-order valence-electron chi connectivity index (χ3n) is 1.89. The minimum atomic E-state index is 0. The Morgan fingerprint density at radius 3 is 2.85 bits per heavy atom. The van der Waals surface area contributed by atoms with Crippen LogP contribution < -0.4 is 11.5 Å². The van der Waals surface area contributed by atoms with E-state index in [2.05, 4.69) is 10.2 Å². The minimum Gasteiger partial charge on any atom is -0.382 e. The molecule has 0 bridgehead atoms. The van der Waals surface area contributed by atoms with E-state index in [1.54, 1.807) is 0 Å². The van der Waals surface area contributed by atoms with Gasteiger partial charge in [-0.25, -0.2) is 0 Å². The number of anilines is 1. The molecule has 0 aliphatic rings. The van der Waals surface area contributed by atoms with Crippen molar-refractivity contribution < 1.29 is 0 Å². The summed E-state index contributed by atoms with van der Waals surface area (Å²) in [5.74, 6) is 0.528. The third-order valence-corrected chi connectivity index (χ3v) is 1.89. The van der Waals surface area contributed by atoms with E-state index in [9.17, 15) is 0 Å². The number of benzene rings is 1. The molecule has 0 spiro atoms. The van der Waals surface area contributed by atoms with Gasteiger partial charge in [0, 0.05) is 11.9 Å². The van der Waals surface area contributed by atoms with Gasteiger partial charge in [-0.2, -0.15) is 5.10 Å². The molecule has 2 aromatic rings. The summed E-state index contributed by atoms with van der Waals surface area (Å²) < 4.78 is 0. The average molecular weight is 199 g/mol. The maximum Gasteiger partial charge on any atom is 0.153 e. The lowest BCUT2D eigenvalue weighted by molar-refractivity contribution is 1.07. The number of nitrogens with two attached hydrogens (primary N) is 2. The van der Waals surface area contributed by atoms with Crippen LogP contribution in [0.1, 0.15) is 5.56 Å². The zero-order chi connectivity index (χ0) is 8.55. The predicted molar refractivity (Wildman–Crippen MR) is 55.6 cm³/mol. The van der Waals surface area contributed by atoms with Crippen molar-refractivity contribution in [2.24, 2.45) is 5.73 Å². The molecule has 4 nitrogen and oxygen atoms in total. The average Bonchev–Trinajstić information content (AvgIpc) is 2.47. The Labute approximate surface area is 81.7 Å². The monoisotopic (exact) mass is 198 g/mol. The number of hydrogen-bond donors (Lipinski definition) is 3. The minimum absolute atomic E-state index is 0. The van der Waals surface area contributed by atoms with Crippen molar-refractivity contribution in [3.63, 3.8) is 0 Å². The summed E-state index contributed by atoms with van der Waals surface area (Å²) in [5, 5.41) is 7.65. The summed E-state index contributed by atoms with van der Waals surface area (Å²) in [6.45, 7) is 0.528. The van der Waals surface area contributed by atoms with Gasteiger partial charge in [-0.15, -0.1) is 12.4 Å². The molecule has 0 radical (unpaired) electrons. The lowest BCUT2D eigenvalue weighted by Gasteiger charge is -1.95. The molecule has 0 saturated heterocycles. The largest absolute Gasteiger partial charge is 0.382 e. The summed E-state index contributed by atoms with van der Waals surface area (Å²) >= 11 is 0. The SMILES string of the molecule is Cl.NCc1ccc2[nH]nc(N)c2c1. The van der Waals surface area contributed by atoms with Crippen LogP contribution in [0.3, 0.4) is 0 Å². The summed E-state index contributed by atoms with van der Waals surface area (Å²) in [7, 11) is 0. The van der Waals surface area contributed by atoms with E-state index in [1.807, 2.05) is 18.2 Å². The lowest BCUT2D eigenvalue weighted by atomic mass is 10.1. The Bertz CT molecular complexity index is 409. The topological polar surface area (TPSA) is 80.7 Å². The van der Waals surface area contributed by atoms with E-state index in [0.29, 0.717) is 12.4 Å². The van der Waals surface area contributed by atoms with Crippen LogP contribution >= 0.6 is 12.4 Å². The first-order valence-corrected chi connectivity index (χ1v) is 3.74. The fourth-order valence-electron chi connectivity index (χ4n) is 1.21. The van der Waals surface area contributed by atoms with Crippen molar-refractivity contribution >= 4 is 29.1 Å². The zero-order valence-electron chi connectivity index (χ0n) is 6.95. The van der Waals surface area contributed by atoms with Crippen molar-refractivity contribution in [2.45, 2.75) is 6.54 Å². The molecular weight excluding hydrogens is 188 g/mol. The third kappa shape index (κ3) is 1.59. The van der Waals surface area contributed by atoms with Crippen LogP contribution in [0.25, 0.3) is 10.9 Å². The number of aromatic nitrogens is 2. The number of nitrogens with one attached hydrogen (secondary N) is 1. The maximum atomic E-state index is 5.62. The van der Waals surface area contributed by atoms with Crippen LogP contribution in [0.4, 0.5) is 5.82 Å². The molecule has 5 heteroatoms. The van der Waals surface area contributed by atoms with Gasteiger partial charge in [0.05, 0.1) is 5.52 Å². The molecule has 0 fully saturated rings. The first kappa shape index (κ1) is 9.83. The second kappa shape index (κ2) is 3.64. The molecular formula is C8H11ClN4. The number of aromatic amines is 1. The number of rotatable bonds is 1. The molecule has 5 N–H and O–H groups in total. The van der Waals surface area contributed by atoms with E-state index in [0.717, 1.165) is 16.5 Å². The number of fused-ring (bicyclic) bond motifs is 1. The Hall–Kier alpha value is -1.26. The van der Waals surface area contributed by atoms with E-state index in [1.165, 1.54) is 0 Å². The van der Waals surface area contributed by atoms with Crippen molar-refractivity contribution in [1.82, 2.24) is 10.2 Å². The molecule has 0 amide bonds. The van der Waals surface area contributed by atoms with Crippen LogP contribution in [0, 0.1) is 0 Å². The van der Waals surface area contributed by atoms with Gasteiger partial charge < -0.3 is 11.5 Å². The number of nitrogen functional groups attached to an aromatic ring is 1. The maximum absolute atomic E-state index is 5.62. The normalized spacial score (nSPS) is 9.92. The fraction of sp³-hybridized carbons (Fsp3) is 0.125. The highest BCUT2D eigenvalue weighted by Gasteiger charge is 2.01. The van der Waals surface area contributed by atoms with Crippen molar-refractivity contribution in [1.29, 1.82) is 0 Å². The highest BCUT2D eigenvalue weighted by molar-refractivity contribution is 5.88. The summed E-state index contributed by atoms with van der Waals surface area (Å²) in [5.41, 5.74) is 13.1. The molecule has 1 aromatic carbocycles. The van der Waals surface area contributed by atoms with Gasteiger partial charge in [-0.1, -0.05) is 6.07 Å². The van der Waals surface area contributed by atoms with E-state index < -0.39 is 0 Å². The van der Waals surface area contributed by atoms with Gasteiger partial charge in [0.1, 0.15) is 0 Å². The zero-order valence-corrected chi connectivity index (χ0v) is 7.77. The van der Waals surface area contributed by atoms with Gasteiger partial charge in [0.15, 0.2) is 5.82 Å². The Balaban J connectivity index is 0.000000845. The van der Waals surface area contributed by atoms with Gasteiger partial charge >= 0.3 is 0 Å². The van der Waals surface area contributed by atoms with Crippen molar-refractivity contribution in [3.8, 4) is 0 Å². The first-order chi connectivity index (χ1) is 5.81. The van der Waals surface area contributed by atoms with Crippen molar-refractivity contribution in [3.05, 3.63) is 23.8 Å². The quantitative estimate of drug-likeness (QED) is 0.640. The highest BCUT2D eigenvalue weighted by atomic mass is 35.5. The Morgan fingerprint density at radius 2 is 2.15 bits per heavy atom. The molecule has 70 valence electrons. The number of H-pyrrole nitrogens is 1. The lowest BCUT2D eigenvalue weighted by Crippen LogP contribution is -1.95.